The Morgan fingerprint density at radius 2 is 1.42 bits per heavy atom. The van der Waals surface area contributed by atoms with Crippen molar-refractivity contribution in [1.82, 2.24) is 0 Å². The van der Waals surface area contributed by atoms with E-state index in [-0.39, 0.29) is 0 Å². The predicted molar refractivity (Wildman–Crippen MR) is 108 cm³/mol. The molecular formula is C22H27O3P. The van der Waals surface area contributed by atoms with Gasteiger partial charge in [-0.15, -0.1) is 6.42 Å². The molecular weight excluding hydrogens is 343 g/mol. The second-order valence-corrected chi connectivity index (χ2v) is 7.30. The van der Waals surface area contributed by atoms with Crippen molar-refractivity contribution in [3.05, 3.63) is 60.7 Å². The van der Waals surface area contributed by atoms with E-state index in [1.807, 2.05) is 67.6 Å². The molecule has 0 saturated heterocycles. The summed E-state index contributed by atoms with van der Waals surface area (Å²) >= 11 is 0. The van der Waals surface area contributed by atoms with E-state index in [1.165, 1.54) is 12.8 Å². The Bertz CT molecular complexity index is 627. The number of rotatable bonds is 11. The molecule has 0 amide bonds. The Morgan fingerprint density at radius 3 is 1.88 bits per heavy atom. The molecule has 0 aliphatic carbocycles. The number of hydrogen-bond acceptors (Lipinski definition) is 3. The minimum atomic E-state index is -1.67. The van der Waals surface area contributed by atoms with Crippen LogP contribution >= 0.6 is 8.60 Å². The third kappa shape index (κ3) is 7.08. The average molecular weight is 370 g/mol. The molecule has 2 aromatic carbocycles. The van der Waals surface area contributed by atoms with Gasteiger partial charge in [0.1, 0.15) is 17.1 Å². The fourth-order valence-electron chi connectivity index (χ4n) is 2.39. The van der Waals surface area contributed by atoms with Gasteiger partial charge in [0.05, 0.1) is 0 Å². The third-order valence-corrected chi connectivity index (χ3v) is 5.21. The molecule has 0 N–H and O–H groups in total. The molecule has 0 radical (unpaired) electrons. The highest BCUT2D eigenvalue weighted by atomic mass is 31.2. The molecule has 0 fully saturated rings. The molecule has 2 rings (SSSR count). The summed E-state index contributed by atoms with van der Waals surface area (Å²) in [7, 11) is -1.67. The smallest absolute Gasteiger partial charge is 0.418 e. The van der Waals surface area contributed by atoms with Gasteiger partial charge in [-0.2, -0.15) is 0 Å². The second kappa shape index (κ2) is 10.9. The summed E-state index contributed by atoms with van der Waals surface area (Å²) in [6.45, 7) is 4.12. The van der Waals surface area contributed by atoms with Crippen molar-refractivity contribution in [2.75, 3.05) is 0 Å². The van der Waals surface area contributed by atoms with Gasteiger partial charge in [-0.1, -0.05) is 68.5 Å². The van der Waals surface area contributed by atoms with Crippen LogP contribution in [0.25, 0.3) is 0 Å². The van der Waals surface area contributed by atoms with Crippen molar-refractivity contribution in [3.63, 3.8) is 0 Å². The molecule has 1 unspecified atom stereocenters. The zero-order valence-electron chi connectivity index (χ0n) is 15.6. The summed E-state index contributed by atoms with van der Waals surface area (Å²) in [5.41, 5.74) is -0.719. The minimum Gasteiger partial charge on any atom is -0.418 e. The van der Waals surface area contributed by atoms with E-state index in [0.717, 1.165) is 19.3 Å². The summed E-state index contributed by atoms with van der Waals surface area (Å²) in [6.07, 6.45) is 11.1. The summed E-state index contributed by atoms with van der Waals surface area (Å²) in [6, 6.07) is 19.0. The monoisotopic (exact) mass is 370 g/mol. The van der Waals surface area contributed by atoms with Crippen LogP contribution in [-0.4, -0.2) is 5.60 Å². The molecule has 1 atom stereocenters. The highest BCUT2D eigenvalue weighted by Gasteiger charge is 2.31. The van der Waals surface area contributed by atoms with Crippen molar-refractivity contribution in [2.45, 2.75) is 51.6 Å². The fraction of sp³-hybridized carbons (Fsp3) is 0.364. The molecule has 138 valence electrons. The fourth-order valence-corrected chi connectivity index (χ4v) is 3.56. The highest BCUT2D eigenvalue weighted by Crippen LogP contribution is 2.45. The number of terminal acetylenes is 1. The number of hydrogen-bond donors (Lipinski definition) is 0. The van der Waals surface area contributed by atoms with Crippen LogP contribution in [0.2, 0.25) is 0 Å². The largest absolute Gasteiger partial charge is 0.464 e. The maximum absolute atomic E-state index is 6.16. The van der Waals surface area contributed by atoms with E-state index >= 15 is 0 Å². The topological polar surface area (TPSA) is 27.7 Å². The van der Waals surface area contributed by atoms with Crippen molar-refractivity contribution in [2.24, 2.45) is 0 Å². The molecule has 0 bridgehead atoms. The van der Waals surface area contributed by atoms with Crippen LogP contribution in [0.1, 0.15) is 46.0 Å². The number of benzene rings is 2. The van der Waals surface area contributed by atoms with Gasteiger partial charge < -0.3 is 9.05 Å². The van der Waals surface area contributed by atoms with Crippen molar-refractivity contribution in [1.29, 1.82) is 0 Å². The van der Waals surface area contributed by atoms with Gasteiger partial charge in [0.15, 0.2) is 0 Å². The number of unbranched alkanes of at least 4 members (excludes halogenated alkanes) is 3. The molecule has 0 spiro atoms. The van der Waals surface area contributed by atoms with Crippen LogP contribution < -0.4 is 9.05 Å². The lowest BCUT2D eigenvalue weighted by Crippen LogP contribution is -2.26. The summed E-state index contributed by atoms with van der Waals surface area (Å²) in [5, 5.41) is 0. The first-order valence-electron chi connectivity index (χ1n) is 9.08. The maximum Gasteiger partial charge on any atom is 0.464 e. The second-order valence-electron chi connectivity index (χ2n) is 6.31. The Hall–Kier alpha value is -2.01. The quantitative estimate of drug-likeness (QED) is 0.249. The van der Waals surface area contributed by atoms with Crippen LogP contribution in [0.15, 0.2) is 60.7 Å². The summed E-state index contributed by atoms with van der Waals surface area (Å²) in [4.78, 5) is 0. The van der Waals surface area contributed by atoms with Gasteiger partial charge in [-0.25, -0.2) is 0 Å². The first-order chi connectivity index (χ1) is 12.6. The molecule has 3 nitrogen and oxygen atoms in total. The Kier molecular flexibility index (Phi) is 8.48. The molecule has 0 aliphatic rings. The molecule has 2 aromatic rings. The predicted octanol–water partition coefficient (Wildman–Crippen LogP) is 6.75. The molecule has 26 heavy (non-hydrogen) atoms. The first kappa shape index (κ1) is 20.3. The summed E-state index contributed by atoms with van der Waals surface area (Å²) in [5.74, 6) is 4.18. The van der Waals surface area contributed by atoms with Crippen molar-refractivity contribution >= 4 is 8.60 Å². The van der Waals surface area contributed by atoms with Crippen molar-refractivity contribution < 1.29 is 13.6 Å². The Morgan fingerprint density at radius 1 is 0.885 bits per heavy atom. The van der Waals surface area contributed by atoms with Crippen LogP contribution in [0.4, 0.5) is 0 Å². The van der Waals surface area contributed by atoms with Gasteiger partial charge in [-0.3, -0.25) is 4.52 Å². The van der Waals surface area contributed by atoms with E-state index in [2.05, 4.69) is 12.8 Å². The van der Waals surface area contributed by atoms with E-state index < -0.39 is 14.2 Å². The molecule has 0 saturated carbocycles. The van der Waals surface area contributed by atoms with Gasteiger partial charge in [0.2, 0.25) is 0 Å². The van der Waals surface area contributed by atoms with Crippen LogP contribution in [0, 0.1) is 12.3 Å². The van der Waals surface area contributed by atoms with Gasteiger partial charge in [0, 0.05) is 0 Å². The zero-order chi connectivity index (χ0) is 18.7. The van der Waals surface area contributed by atoms with Crippen LogP contribution in [0.5, 0.6) is 11.5 Å². The number of para-hydroxylation sites is 2. The first-order valence-corrected chi connectivity index (χ1v) is 10.2. The molecule has 0 aromatic heterocycles. The normalized spacial score (nSPS) is 13.0. The van der Waals surface area contributed by atoms with E-state index in [4.69, 9.17) is 20.0 Å². The van der Waals surface area contributed by atoms with E-state index in [1.54, 1.807) is 0 Å². The van der Waals surface area contributed by atoms with E-state index in [9.17, 15) is 0 Å². The molecule has 4 heteroatoms. The van der Waals surface area contributed by atoms with Crippen LogP contribution in [-0.2, 0) is 4.52 Å². The molecule has 0 heterocycles. The highest BCUT2D eigenvalue weighted by molar-refractivity contribution is 7.42. The van der Waals surface area contributed by atoms with Gasteiger partial charge in [-0.05, 0) is 44.0 Å². The van der Waals surface area contributed by atoms with Crippen molar-refractivity contribution in [3.8, 4) is 23.8 Å². The average Bonchev–Trinajstić information content (AvgIpc) is 2.67. The van der Waals surface area contributed by atoms with E-state index in [0.29, 0.717) is 11.5 Å². The van der Waals surface area contributed by atoms with Crippen LogP contribution in [0.3, 0.4) is 0 Å². The Balaban J connectivity index is 2.07. The van der Waals surface area contributed by atoms with Gasteiger partial charge in [0.25, 0.3) is 0 Å². The van der Waals surface area contributed by atoms with Gasteiger partial charge >= 0.3 is 8.60 Å². The molecule has 0 aliphatic heterocycles. The zero-order valence-corrected chi connectivity index (χ0v) is 16.5. The Labute approximate surface area is 158 Å². The maximum atomic E-state index is 6.16. The lowest BCUT2D eigenvalue weighted by atomic mass is 9.99. The standard InChI is InChI=1S/C22H27O3P/c1-4-6-7-14-19-22(3,5-2)25-26(23-20-15-10-8-11-16-20)24-21-17-12-9-13-18-21/h2,8-13,15-18H,4,6-7,14,19H2,1,3H3. The minimum absolute atomic E-state index is 0.694. The third-order valence-electron chi connectivity index (χ3n) is 3.94. The SMILES string of the molecule is C#CC(C)(CCCCCC)OP(Oc1ccccc1)Oc1ccccc1. The lowest BCUT2D eigenvalue weighted by Gasteiger charge is -2.28. The lowest BCUT2D eigenvalue weighted by molar-refractivity contribution is 0.121. The summed E-state index contributed by atoms with van der Waals surface area (Å²) < 4.78 is 18.1.